The Balaban J connectivity index is 2.02. The summed E-state index contributed by atoms with van der Waals surface area (Å²) in [4.78, 5) is 4.07. The molecule has 1 N–H and O–H groups in total. The highest BCUT2D eigenvalue weighted by Crippen LogP contribution is 2.25. The molecule has 1 fully saturated rings. The average molecular weight is 234 g/mol. The number of pyridine rings is 1. The molecule has 1 aromatic heterocycles. The smallest absolute Gasteiger partial charge is 0.0590 e. The summed E-state index contributed by atoms with van der Waals surface area (Å²) in [5.74, 6) is 0.628. The van der Waals surface area contributed by atoms with Gasteiger partial charge in [-0.15, -0.1) is 0 Å². The standard InChI is InChI=1S/C14H22N2O/c1-3-16-14(13-6-9-17-11(13)2)10-12-4-7-15-8-5-12/h4-5,7-8,11,13-14,16H,3,6,9-10H2,1-2H3. The summed E-state index contributed by atoms with van der Waals surface area (Å²) >= 11 is 0. The van der Waals surface area contributed by atoms with Crippen LogP contribution in [0.5, 0.6) is 0 Å². The van der Waals surface area contributed by atoms with Gasteiger partial charge < -0.3 is 10.1 Å². The van der Waals surface area contributed by atoms with E-state index in [0.29, 0.717) is 18.1 Å². The summed E-state index contributed by atoms with van der Waals surface area (Å²) in [6.07, 6.45) is 6.35. The molecule has 1 aromatic rings. The molecule has 0 amide bonds. The number of nitrogens with one attached hydrogen (secondary N) is 1. The third-order valence-corrected chi connectivity index (χ3v) is 3.62. The maximum Gasteiger partial charge on any atom is 0.0590 e. The SMILES string of the molecule is CCNC(Cc1ccncc1)C1CCOC1C. The summed E-state index contributed by atoms with van der Waals surface area (Å²) in [7, 11) is 0. The Morgan fingerprint density at radius 1 is 1.47 bits per heavy atom. The number of nitrogens with zero attached hydrogens (tertiary/aromatic N) is 1. The number of rotatable bonds is 5. The third-order valence-electron chi connectivity index (χ3n) is 3.62. The highest BCUT2D eigenvalue weighted by Gasteiger charge is 2.31. The Hall–Kier alpha value is -0.930. The van der Waals surface area contributed by atoms with Gasteiger partial charge in [0.05, 0.1) is 6.10 Å². The van der Waals surface area contributed by atoms with Crippen molar-refractivity contribution in [3.8, 4) is 0 Å². The maximum atomic E-state index is 5.68. The minimum atomic E-state index is 0.376. The van der Waals surface area contributed by atoms with Crippen molar-refractivity contribution >= 4 is 0 Å². The fraction of sp³-hybridized carbons (Fsp3) is 0.643. The zero-order valence-corrected chi connectivity index (χ0v) is 10.7. The van der Waals surface area contributed by atoms with E-state index in [2.05, 4.69) is 36.3 Å². The van der Waals surface area contributed by atoms with Crippen LogP contribution >= 0.6 is 0 Å². The normalized spacial score (nSPS) is 26.0. The number of hydrogen-bond donors (Lipinski definition) is 1. The minimum Gasteiger partial charge on any atom is -0.378 e. The van der Waals surface area contributed by atoms with Crippen molar-refractivity contribution in [2.75, 3.05) is 13.2 Å². The highest BCUT2D eigenvalue weighted by atomic mass is 16.5. The van der Waals surface area contributed by atoms with Crippen molar-refractivity contribution < 1.29 is 4.74 Å². The van der Waals surface area contributed by atoms with Gasteiger partial charge in [0.25, 0.3) is 0 Å². The predicted molar refractivity (Wildman–Crippen MR) is 68.9 cm³/mol. The number of ether oxygens (including phenoxy) is 1. The van der Waals surface area contributed by atoms with E-state index in [-0.39, 0.29) is 0 Å². The molecule has 3 unspecified atom stereocenters. The van der Waals surface area contributed by atoms with Crippen molar-refractivity contribution in [1.29, 1.82) is 0 Å². The van der Waals surface area contributed by atoms with Crippen LogP contribution in [0, 0.1) is 5.92 Å². The van der Waals surface area contributed by atoms with Crippen molar-refractivity contribution in [2.45, 2.75) is 38.8 Å². The van der Waals surface area contributed by atoms with Gasteiger partial charge in [-0.3, -0.25) is 4.98 Å². The van der Waals surface area contributed by atoms with Crippen LogP contribution in [-0.2, 0) is 11.2 Å². The van der Waals surface area contributed by atoms with E-state index in [1.54, 1.807) is 0 Å². The summed E-state index contributed by atoms with van der Waals surface area (Å²) in [6.45, 7) is 6.28. The van der Waals surface area contributed by atoms with Gasteiger partial charge in [-0.1, -0.05) is 6.92 Å². The fourth-order valence-electron chi connectivity index (χ4n) is 2.69. The predicted octanol–water partition coefficient (Wildman–Crippen LogP) is 2.03. The number of aromatic nitrogens is 1. The van der Waals surface area contributed by atoms with Gasteiger partial charge in [-0.05, 0) is 44.0 Å². The van der Waals surface area contributed by atoms with Crippen LogP contribution in [0.25, 0.3) is 0 Å². The van der Waals surface area contributed by atoms with Crippen LogP contribution in [0.4, 0.5) is 0 Å². The molecule has 0 aromatic carbocycles. The maximum absolute atomic E-state index is 5.68. The molecule has 0 bridgehead atoms. The molecule has 0 spiro atoms. The zero-order chi connectivity index (χ0) is 12.1. The first kappa shape index (κ1) is 12.5. The minimum absolute atomic E-state index is 0.376. The number of hydrogen-bond acceptors (Lipinski definition) is 3. The van der Waals surface area contributed by atoms with Gasteiger partial charge in [0, 0.05) is 31.0 Å². The Morgan fingerprint density at radius 2 is 2.24 bits per heavy atom. The van der Waals surface area contributed by atoms with Gasteiger partial charge in [0.15, 0.2) is 0 Å². The Morgan fingerprint density at radius 3 is 2.82 bits per heavy atom. The van der Waals surface area contributed by atoms with Crippen molar-refractivity contribution in [2.24, 2.45) is 5.92 Å². The van der Waals surface area contributed by atoms with Crippen molar-refractivity contribution in [3.63, 3.8) is 0 Å². The molecule has 3 nitrogen and oxygen atoms in total. The Labute approximate surface area is 104 Å². The van der Waals surface area contributed by atoms with Crippen LogP contribution in [0.15, 0.2) is 24.5 Å². The monoisotopic (exact) mass is 234 g/mol. The molecule has 0 saturated carbocycles. The summed E-state index contributed by atoms with van der Waals surface area (Å²) in [6, 6.07) is 4.72. The van der Waals surface area contributed by atoms with Gasteiger partial charge in [0.2, 0.25) is 0 Å². The third kappa shape index (κ3) is 3.27. The molecule has 1 aliphatic heterocycles. The lowest BCUT2D eigenvalue weighted by Crippen LogP contribution is -2.40. The molecule has 94 valence electrons. The summed E-state index contributed by atoms with van der Waals surface area (Å²) in [5, 5.41) is 3.60. The second-order valence-electron chi connectivity index (χ2n) is 4.75. The summed E-state index contributed by atoms with van der Waals surface area (Å²) in [5.41, 5.74) is 1.35. The second kappa shape index (κ2) is 6.12. The van der Waals surface area contributed by atoms with E-state index in [1.165, 1.54) is 12.0 Å². The molecule has 2 rings (SSSR count). The molecular weight excluding hydrogens is 212 g/mol. The molecule has 1 aliphatic rings. The van der Waals surface area contributed by atoms with Crippen LogP contribution in [0.3, 0.4) is 0 Å². The largest absolute Gasteiger partial charge is 0.378 e. The number of likely N-dealkylation sites (N-methyl/N-ethyl adjacent to an activating group) is 1. The quantitative estimate of drug-likeness (QED) is 0.846. The lowest BCUT2D eigenvalue weighted by molar-refractivity contribution is 0.0956. The van der Waals surface area contributed by atoms with E-state index in [1.807, 2.05) is 12.4 Å². The lowest BCUT2D eigenvalue weighted by atomic mass is 9.89. The van der Waals surface area contributed by atoms with Gasteiger partial charge in [-0.25, -0.2) is 0 Å². The fourth-order valence-corrected chi connectivity index (χ4v) is 2.69. The molecule has 0 radical (unpaired) electrons. The van der Waals surface area contributed by atoms with Crippen LogP contribution in [-0.4, -0.2) is 30.3 Å². The van der Waals surface area contributed by atoms with Crippen molar-refractivity contribution in [3.05, 3.63) is 30.1 Å². The van der Waals surface area contributed by atoms with Crippen molar-refractivity contribution in [1.82, 2.24) is 10.3 Å². The van der Waals surface area contributed by atoms with Crippen LogP contribution < -0.4 is 5.32 Å². The van der Waals surface area contributed by atoms with E-state index >= 15 is 0 Å². The van der Waals surface area contributed by atoms with E-state index in [0.717, 1.165) is 19.6 Å². The molecule has 3 heteroatoms. The molecule has 3 atom stereocenters. The molecule has 2 heterocycles. The lowest BCUT2D eigenvalue weighted by Gasteiger charge is -2.26. The van der Waals surface area contributed by atoms with Gasteiger partial charge in [0.1, 0.15) is 0 Å². The molecule has 0 aliphatic carbocycles. The van der Waals surface area contributed by atoms with Crippen LogP contribution in [0.1, 0.15) is 25.8 Å². The Bertz CT molecular complexity index is 328. The molecular formula is C14H22N2O. The first-order chi connectivity index (χ1) is 8.31. The topological polar surface area (TPSA) is 34.2 Å². The summed E-state index contributed by atoms with van der Waals surface area (Å²) < 4.78 is 5.68. The van der Waals surface area contributed by atoms with E-state index in [4.69, 9.17) is 4.74 Å². The first-order valence-corrected chi connectivity index (χ1v) is 6.55. The van der Waals surface area contributed by atoms with E-state index < -0.39 is 0 Å². The molecule has 1 saturated heterocycles. The first-order valence-electron chi connectivity index (χ1n) is 6.55. The van der Waals surface area contributed by atoms with Gasteiger partial charge in [-0.2, -0.15) is 0 Å². The average Bonchev–Trinajstić information content (AvgIpc) is 2.76. The zero-order valence-electron chi connectivity index (χ0n) is 10.7. The van der Waals surface area contributed by atoms with Crippen LogP contribution in [0.2, 0.25) is 0 Å². The molecule has 17 heavy (non-hydrogen) atoms. The Kier molecular flexibility index (Phi) is 4.51. The van der Waals surface area contributed by atoms with Gasteiger partial charge >= 0.3 is 0 Å². The van der Waals surface area contributed by atoms with E-state index in [9.17, 15) is 0 Å². The highest BCUT2D eigenvalue weighted by molar-refractivity contribution is 5.12. The second-order valence-corrected chi connectivity index (χ2v) is 4.75.